The molecule has 0 aromatic heterocycles. The highest BCUT2D eigenvalue weighted by atomic mass is 32.2. The molecule has 2 N–H and O–H groups in total. The number of hydrogen-bond donors (Lipinski definition) is 1. The van der Waals surface area contributed by atoms with E-state index in [-0.39, 0.29) is 5.25 Å². The van der Waals surface area contributed by atoms with E-state index < -0.39 is 14.4 Å². The van der Waals surface area contributed by atoms with E-state index in [1.54, 1.807) is 13.8 Å². The third-order valence-electron chi connectivity index (χ3n) is 1.65. The van der Waals surface area contributed by atoms with E-state index >= 15 is 0 Å². The largest absolute Gasteiger partial charge is 0.316 e. The number of nitrogens with two attached hydrogens (primary N) is 1. The van der Waals surface area contributed by atoms with E-state index in [1.165, 1.54) is 0 Å². The van der Waals surface area contributed by atoms with Gasteiger partial charge in [-0.3, -0.25) is 4.21 Å². The standard InChI is InChI=1S/C7H17NOS/c1-6(2)10(5,9)7(3,4)8/h6H,5,8H2,1-4H3. The summed E-state index contributed by atoms with van der Waals surface area (Å²) in [5.41, 5.74) is 5.68. The molecule has 0 aliphatic rings. The normalized spacial score (nSPS) is 19.0. The van der Waals surface area contributed by atoms with E-state index in [9.17, 15) is 4.21 Å². The van der Waals surface area contributed by atoms with Crippen molar-refractivity contribution < 1.29 is 4.21 Å². The summed E-state index contributed by atoms with van der Waals surface area (Å²) in [5, 5.41) is 0.0486. The van der Waals surface area contributed by atoms with Gasteiger partial charge in [-0.05, 0) is 29.2 Å². The van der Waals surface area contributed by atoms with Crippen molar-refractivity contribution >= 4 is 15.4 Å². The van der Waals surface area contributed by atoms with Crippen molar-refractivity contribution in [2.45, 2.75) is 37.8 Å². The first-order valence-electron chi connectivity index (χ1n) is 3.34. The van der Waals surface area contributed by atoms with Crippen LogP contribution in [0, 0.1) is 0 Å². The monoisotopic (exact) mass is 163 g/mol. The molecular formula is C7H17NOS. The second-order valence-corrected chi connectivity index (χ2v) is 6.83. The van der Waals surface area contributed by atoms with E-state index in [2.05, 4.69) is 5.87 Å². The summed E-state index contributed by atoms with van der Waals surface area (Å²) in [6.07, 6.45) is 0. The Kier molecular flexibility index (Phi) is 2.54. The lowest BCUT2D eigenvalue weighted by atomic mass is 10.4. The molecule has 10 heavy (non-hydrogen) atoms. The first-order chi connectivity index (χ1) is 4.19. The van der Waals surface area contributed by atoms with Gasteiger partial charge in [0.25, 0.3) is 0 Å². The molecule has 0 radical (unpaired) electrons. The first-order valence-corrected chi connectivity index (χ1v) is 5.13. The summed E-state index contributed by atoms with van der Waals surface area (Å²) in [7, 11) is -2.14. The van der Waals surface area contributed by atoms with Crippen LogP contribution >= 0.6 is 0 Å². The van der Waals surface area contributed by atoms with E-state index in [0.717, 1.165) is 0 Å². The van der Waals surface area contributed by atoms with Crippen LogP contribution < -0.4 is 5.73 Å². The Morgan fingerprint density at radius 2 is 1.80 bits per heavy atom. The Morgan fingerprint density at radius 1 is 1.50 bits per heavy atom. The van der Waals surface area contributed by atoms with Crippen LogP contribution in [-0.2, 0) is 9.52 Å². The van der Waals surface area contributed by atoms with Crippen molar-refractivity contribution in [3.05, 3.63) is 0 Å². The number of rotatable bonds is 2. The second-order valence-electron chi connectivity index (χ2n) is 3.38. The van der Waals surface area contributed by atoms with Gasteiger partial charge >= 0.3 is 0 Å². The summed E-state index contributed by atoms with van der Waals surface area (Å²) in [5.74, 6) is 3.64. The Balaban J connectivity index is 4.79. The van der Waals surface area contributed by atoms with E-state index in [0.29, 0.717) is 0 Å². The minimum atomic E-state index is -2.14. The lowest BCUT2D eigenvalue weighted by Gasteiger charge is -2.27. The summed E-state index contributed by atoms with van der Waals surface area (Å²) >= 11 is 0. The highest BCUT2D eigenvalue weighted by Gasteiger charge is 2.25. The highest BCUT2D eigenvalue weighted by Crippen LogP contribution is 2.14. The molecule has 0 saturated carbocycles. The average Bonchev–Trinajstić information content (AvgIpc) is 1.62. The van der Waals surface area contributed by atoms with Crippen LogP contribution in [0.15, 0.2) is 0 Å². The molecule has 0 saturated heterocycles. The van der Waals surface area contributed by atoms with Crippen molar-refractivity contribution in [2.24, 2.45) is 5.73 Å². The molecule has 0 aliphatic heterocycles. The van der Waals surface area contributed by atoms with Gasteiger partial charge in [0.15, 0.2) is 0 Å². The molecule has 0 aromatic carbocycles. The van der Waals surface area contributed by atoms with Crippen LogP contribution in [0.3, 0.4) is 0 Å². The summed E-state index contributed by atoms with van der Waals surface area (Å²) < 4.78 is 11.7. The van der Waals surface area contributed by atoms with Gasteiger partial charge in [-0.25, -0.2) is 0 Å². The summed E-state index contributed by atoms with van der Waals surface area (Å²) in [6, 6.07) is 0. The zero-order valence-corrected chi connectivity index (χ0v) is 7.99. The molecule has 0 aromatic rings. The molecule has 1 atom stereocenters. The summed E-state index contributed by atoms with van der Waals surface area (Å²) in [4.78, 5) is -0.666. The Labute approximate surface area is 63.8 Å². The quantitative estimate of drug-likeness (QED) is 0.612. The van der Waals surface area contributed by atoms with Gasteiger partial charge in [0.2, 0.25) is 0 Å². The SMILES string of the molecule is C=S(=O)(C(C)C)C(C)(C)N. The minimum Gasteiger partial charge on any atom is -0.316 e. The average molecular weight is 163 g/mol. The molecule has 0 amide bonds. The molecule has 0 spiro atoms. The van der Waals surface area contributed by atoms with E-state index in [1.807, 2.05) is 13.8 Å². The first kappa shape index (κ1) is 9.98. The van der Waals surface area contributed by atoms with Crippen molar-refractivity contribution in [1.82, 2.24) is 0 Å². The molecule has 62 valence electrons. The van der Waals surface area contributed by atoms with Crippen molar-refractivity contribution in [1.29, 1.82) is 0 Å². The maximum atomic E-state index is 11.7. The van der Waals surface area contributed by atoms with Crippen LogP contribution in [0.1, 0.15) is 27.7 Å². The van der Waals surface area contributed by atoms with Crippen LogP contribution in [0.4, 0.5) is 0 Å². The Hall–Kier alpha value is -0.0200. The van der Waals surface area contributed by atoms with Gasteiger partial charge in [-0.15, -0.1) is 0 Å². The van der Waals surface area contributed by atoms with Crippen molar-refractivity contribution in [3.8, 4) is 0 Å². The molecule has 1 unspecified atom stereocenters. The highest BCUT2D eigenvalue weighted by molar-refractivity contribution is 8.02. The Morgan fingerprint density at radius 3 is 1.80 bits per heavy atom. The topological polar surface area (TPSA) is 43.1 Å². The van der Waals surface area contributed by atoms with Crippen LogP contribution in [0.5, 0.6) is 0 Å². The van der Waals surface area contributed by atoms with Gasteiger partial charge in [0.1, 0.15) is 0 Å². The van der Waals surface area contributed by atoms with E-state index in [4.69, 9.17) is 5.73 Å². The maximum absolute atomic E-state index is 11.7. The molecule has 2 nitrogen and oxygen atoms in total. The lowest BCUT2D eigenvalue weighted by Crippen LogP contribution is -2.45. The predicted molar refractivity (Wildman–Crippen MR) is 48.7 cm³/mol. The van der Waals surface area contributed by atoms with Crippen LogP contribution in [0.25, 0.3) is 0 Å². The molecule has 0 rings (SSSR count). The zero-order valence-electron chi connectivity index (χ0n) is 7.18. The van der Waals surface area contributed by atoms with Crippen molar-refractivity contribution in [2.75, 3.05) is 0 Å². The summed E-state index contributed by atoms with van der Waals surface area (Å²) in [6.45, 7) is 7.26. The molecule has 0 aliphatic carbocycles. The smallest absolute Gasteiger partial charge is 0.0789 e. The zero-order chi connectivity index (χ0) is 8.58. The third-order valence-corrected chi connectivity index (χ3v) is 4.96. The lowest BCUT2D eigenvalue weighted by molar-refractivity contribution is 0.627. The van der Waals surface area contributed by atoms with Crippen LogP contribution in [-0.4, -0.2) is 20.2 Å². The molecular weight excluding hydrogens is 146 g/mol. The second kappa shape index (κ2) is 2.55. The fraction of sp³-hybridized carbons (Fsp3) is 0.857. The maximum Gasteiger partial charge on any atom is 0.0789 e. The molecule has 3 heteroatoms. The fourth-order valence-corrected chi connectivity index (χ4v) is 1.82. The van der Waals surface area contributed by atoms with Gasteiger partial charge in [0, 0.05) is 5.25 Å². The van der Waals surface area contributed by atoms with Gasteiger partial charge in [-0.1, -0.05) is 13.8 Å². The van der Waals surface area contributed by atoms with Gasteiger partial charge < -0.3 is 5.73 Å². The molecule has 0 heterocycles. The van der Waals surface area contributed by atoms with Gasteiger partial charge in [0.05, 0.1) is 4.87 Å². The fourth-order valence-electron chi connectivity index (χ4n) is 0.607. The van der Waals surface area contributed by atoms with Gasteiger partial charge in [-0.2, -0.15) is 0 Å². The van der Waals surface area contributed by atoms with Crippen LogP contribution in [0.2, 0.25) is 0 Å². The third kappa shape index (κ3) is 1.73. The molecule has 0 bridgehead atoms. The minimum absolute atomic E-state index is 0.0486. The predicted octanol–water partition coefficient (Wildman–Crippen LogP) is 0.806. The molecule has 0 fully saturated rings. The number of hydrogen-bond acceptors (Lipinski definition) is 2. The Bertz CT molecular complexity index is 196. The van der Waals surface area contributed by atoms with Crippen molar-refractivity contribution in [3.63, 3.8) is 0 Å².